The predicted molar refractivity (Wildman–Crippen MR) is 97.5 cm³/mol. The number of carbonyl (C=O) groups excluding carboxylic acids is 1. The van der Waals surface area contributed by atoms with Gasteiger partial charge in [-0.15, -0.1) is 0 Å². The van der Waals surface area contributed by atoms with Gasteiger partial charge in [-0.25, -0.2) is 14.4 Å². The van der Waals surface area contributed by atoms with Crippen LogP contribution in [0.15, 0.2) is 36.9 Å². The number of fused-ring (bicyclic) bond motifs is 1. The molecule has 1 amide bonds. The molecule has 134 valence electrons. The summed E-state index contributed by atoms with van der Waals surface area (Å²) in [5, 5.41) is 3.56. The standard InChI is InChI=1S/C20H21FN4O/c1-12-5-6-17(21)16-8-18(25-19(12)16)20(26)24-15-4-2-3-13(7-15)14-9-22-11-23-10-14/h5-6,8-11,13,15,25H,2-4,7H2,1H3,(H,24,26)/t13?,15-/m0/s1. The Morgan fingerprint density at radius 1 is 1.27 bits per heavy atom. The summed E-state index contributed by atoms with van der Waals surface area (Å²) >= 11 is 0. The number of nitrogens with one attached hydrogen (secondary N) is 2. The Labute approximate surface area is 151 Å². The van der Waals surface area contributed by atoms with Gasteiger partial charge in [0.25, 0.3) is 5.91 Å². The normalized spacial score (nSPS) is 20.2. The summed E-state index contributed by atoms with van der Waals surface area (Å²) in [5.41, 5.74) is 3.12. The van der Waals surface area contributed by atoms with Gasteiger partial charge < -0.3 is 10.3 Å². The van der Waals surface area contributed by atoms with E-state index < -0.39 is 0 Å². The Balaban J connectivity index is 1.49. The number of H-pyrrole nitrogens is 1. The molecule has 2 heterocycles. The van der Waals surface area contributed by atoms with Gasteiger partial charge in [0, 0.05) is 23.8 Å². The third kappa shape index (κ3) is 3.19. The van der Waals surface area contributed by atoms with Crippen molar-refractivity contribution in [2.75, 3.05) is 0 Å². The second-order valence-corrected chi connectivity index (χ2v) is 7.04. The fourth-order valence-corrected chi connectivity index (χ4v) is 3.86. The summed E-state index contributed by atoms with van der Waals surface area (Å²) in [7, 11) is 0. The van der Waals surface area contributed by atoms with Crippen molar-refractivity contribution in [2.24, 2.45) is 0 Å². The topological polar surface area (TPSA) is 70.7 Å². The third-order valence-corrected chi connectivity index (χ3v) is 5.25. The zero-order chi connectivity index (χ0) is 18.1. The lowest BCUT2D eigenvalue weighted by Crippen LogP contribution is -2.38. The average Bonchev–Trinajstić information content (AvgIpc) is 3.13. The number of aromatic amines is 1. The van der Waals surface area contributed by atoms with Crippen LogP contribution in [0.4, 0.5) is 4.39 Å². The first-order chi connectivity index (χ1) is 12.6. The van der Waals surface area contributed by atoms with Crippen LogP contribution in [-0.4, -0.2) is 26.9 Å². The first-order valence-corrected chi connectivity index (χ1v) is 8.95. The molecule has 1 aliphatic carbocycles. The van der Waals surface area contributed by atoms with E-state index in [4.69, 9.17) is 0 Å². The highest BCUT2D eigenvalue weighted by Crippen LogP contribution is 2.32. The molecule has 5 nitrogen and oxygen atoms in total. The molecule has 1 aliphatic rings. The summed E-state index contributed by atoms with van der Waals surface area (Å²) in [6, 6.07) is 4.83. The number of halogens is 1. The lowest BCUT2D eigenvalue weighted by molar-refractivity contribution is 0.0921. The van der Waals surface area contributed by atoms with E-state index in [1.165, 1.54) is 12.4 Å². The van der Waals surface area contributed by atoms with Crippen LogP contribution in [-0.2, 0) is 0 Å². The zero-order valence-corrected chi connectivity index (χ0v) is 14.6. The van der Waals surface area contributed by atoms with Crippen molar-refractivity contribution in [3.05, 3.63) is 59.6 Å². The van der Waals surface area contributed by atoms with Crippen molar-refractivity contribution in [2.45, 2.75) is 44.6 Å². The number of aromatic nitrogens is 3. The fourth-order valence-electron chi connectivity index (χ4n) is 3.86. The van der Waals surface area contributed by atoms with Crippen LogP contribution in [0.25, 0.3) is 10.9 Å². The Kier molecular flexibility index (Phi) is 4.41. The molecule has 4 rings (SSSR count). The second-order valence-electron chi connectivity index (χ2n) is 7.04. The summed E-state index contributed by atoms with van der Waals surface area (Å²) < 4.78 is 14.0. The van der Waals surface area contributed by atoms with E-state index >= 15 is 0 Å². The van der Waals surface area contributed by atoms with Crippen LogP contribution in [0.5, 0.6) is 0 Å². The van der Waals surface area contributed by atoms with Crippen molar-refractivity contribution in [1.82, 2.24) is 20.3 Å². The number of nitrogens with zero attached hydrogens (tertiary/aromatic N) is 2. The van der Waals surface area contributed by atoms with Crippen LogP contribution in [0, 0.1) is 12.7 Å². The smallest absolute Gasteiger partial charge is 0.267 e. The minimum absolute atomic E-state index is 0.0961. The Morgan fingerprint density at radius 3 is 2.85 bits per heavy atom. The second kappa shape index (κ2) is 6.86. The molecule has 2 atom stereocenters. The van der Waals surface area contributed by atoms with Crippen molar-refractivity contribution in [1.29, 1.82) is 0 Å². The molecule has 0 spiro atoms. The molecule has 2 N–H and O–H groups in total. The molecule has 0 radical (unpaired) electrons. The minimum Gasteiger partial charge on any atom is -0.350 e. The van der Waals surface area contributed by atoms with Gasteiger partial charge >= 0.3 is 0 Å². The first-order valence-electron chi connectivity index (χ1n) is 8.95. The van der Waals surface area contributed by atoms with Crippen LogP contribution < -0.4 is 5.32 Å². The van der Waals surface area contributed by atoms with Crippen molar-refractivity contribution >= 4 is 16.8 Å². The van der Waals surface area contributed by atoms with Gasteiger partial charge in [0.1, 0.15) is 17.8 Å². The van der Waals surface area contributed by atoms with E-state index in [-0.39, 0.29) is 17.8 Å². The Bertz CT molecular complexity index is 899. The molecule has 1 aromatic carbocycles. The highest BCUT2D eigenvalue weighted by Gasteiger charge is 2.25. The molecule has 1 saturated carbocycles. The first kappa shape index (κ1) is 16.7. The van der Waals surface area contributed by atoms with Crippen LogP contribution in [0.1, 0.15) is 53.2 Å². The van der Waals surface area contributed by atoms with Gasteiger partial charge in [0.05, 0.1) is 5.52 Å². The Hall–Kier alpha value is -2.76. The molecule has 0 saturated heterocycles. The number of hydrogen-bond acceptors (Lipinski definition) is 3. The van der Waals surface area contributed by atoms with Gasteiger partial charge in [-0.05, 0) is 55.4 Å². The van der Waals surface area contributed by atoms with E-state index in [1.807, 2.05) is 19.3 Å². The summed E-state index contributed by atoms with van der Waals surface area (Å²) in [5.74, 6) is -0.143. The maximum absolute atomic E-state index is 14.0. The molecule has 1 fully saturated rings. The molecule has 3 aromatic rings. The van der Waals surface area contributed by atoms with Gasteiger partial charge in [-0.1, -0.05) is 12.5 Å². The quantitative estimate of drug-likeness (QED) is 0.752. The number of aryl methyl sites for hydroxylation is 1. The largest absolute Gasteiger partial charge is 0.350 e. The van der Waals surface area contributed by atoms with Crippen LogP contribution in [0.3, 0.4) is 0 Å². The summed E-state index contributed by atoms with van der Waals surface area (Å²) in [4.78, 5) is 23.9. The molecular formula is C20H21FN4O. The van der Waals surface area contributed by atoms with Gasteiger partial charge in [0.2, 0.25) is 0 Å². The van der Waals surface area contributed by atoms with Crippen LogP contribution in [0.2, 0.25) is 0 Å². The Morgan fingerprint density at radius 2 is 2.08 bits per heavy atom. The summed E-state index contributed by atoms with van der Waals surface area (Å²) in [6.45, 7) is 1.90. The molecule has 0 bridgehead atoms. The monoisotopic (exact) mass is 352 g/mol. The van der Waals surface area contributed by atoms with E-state index in [1.54, 1.807) is 12.1 Å². The number of rotatable bonds is 3. The van der Waals surface area contributed by atoms with Crippen LogP contribution >= 0.6 is 0 Å². The van der Waals surface area contributed by atoms with Crippen molar-refractivity contribution in [3.8, 4) is 0 Å². The predicted octanol–water partition coefficient (Wildman–Crippen LogP) is 3.86. The summed E-state index contributed by atoms with van der Waals surface area (Å²) in [6.07, 6.45) is 9.18. The highest BCUT2D eigenvalue weighted by atomic mass is 19.1. The van der Waals surface area contributed by atoms with E-state index in [9.17, 15) is 9.18 Å². The maximum Gasteiger partial charge on any atom is 0.267 e. The molecule has 6 heteroatoms. The average molecular weight is 352 g/mol. The van der Waals surface area contributed by atoms with Crippen molar-refractivity contribution < 1.29 is 9.18 Å². The lowest BCUT2D eigenvalue weighted by atomic mass is 9.82. The lowest BCUT2D eigenvalue weighted by Gasteiger charge is -2.29. The molecular weight excluding hydrogens is 331 g/mol. The molecule has 1 unspecified atom stereocenters. The van der Waals surface area contributed by atoms with E-state index in [0.29, 0.717) is 22.5 Å². The van der Waals surface area contributed by atoms with E-state index in [2.05, 4.69) is 20.3 Å². The molecule has 26 heavy (non-hydrogen) atoms. The maximum atomic E-state index is 14.0. The number of carbonyl (C=O) groups is 1. The zero-order valence-electron chi connectivity index (χ0n) is 14.6. The third-order valence-electron chi connectivity index (χ3n) is 5.25. The molecule has 0 aliphatic heterocycles. The number of hydrogen-bond donors (Lipinski definition) is 2. The van der Waals surface area contributed by atoms with Gasteiger partial charge in [-0.3, -0.25) is 4.79 Å². The number of benzene rings is 1. The number of amides is 1. The minimum atomic E-state index is -0.317. The fraction of sp³-hybridized carbons (Fsp3) is 0.350. The van der Waals surface area contributed by atoms with Gasteiger partial charge in [0.15, 0.2) is 0 Å². The van der Waals surface area contributed by atoms with Gasteiger partial charge in [-0.2, -0.15) is 0 Å². The van der Waals surface area contributed by atoms with Crippen molar-refractivity contribution in [3.63, 3.8) is 0 Å². The molecule has 2 aromatic heterocycles. The SMILES string of the molecule is Cc1ccc(F)c2cc(C(=O)N[C@H]3CCCC(c4cncnc4)C3)[nH]c12. The van der Waals surface area contributed by atoms with E-state index in [0.717, 1.165) is 36.8 Å². The highest BCUT2D eigenvalue weighted by molar-refractivity contribution is 5.99.